The van der Waals surface area contributed by atoms with Crippen molar-refractivity contribution in [2.75, 3.05) is 19.8 Å². The van der Waals surface area contributed by atoms with Crippen molar-refractivity contribution in [3.63, 3.8) is 0 Å². The highest BCUT2D eigenvalue weighted by atomic mass is 16.5. The molecule has 1 fully saturated rings. The van der Waals surface area contributed by atoms with Crippen LogP contribution < -0.4 is 9.47 Å². The Morgan fingerprint density at radius 3 is 2.45 bits per heavy atom. The van der Waals surface area contributed by atoms with Crippen molar-refractivity contribution in [3.05, 3.63) is 84.0 Å². The number of hydrogen-bond acceptors (Lipinski definition) is 6. The fourth-order valence-corrected chi connectivity index (χ4v) is 4.49. The Bertz CT molecular complexity index is 1250. The number of aromatic nitrogens is 2. The van der Waals surface area contributed by atoms with E-state index in [2.05, 4.69) is 11.9 Å². The molecule has 1 unspecified atom stereocenters. The molecule has 1 N–H and O–H groups in total. The van der Waals surface area contributed by atoms with Gasteiger partial charge in [-0.05, 0) is 61.2 Å². The van der Waals surface area contributed by atoms with Gasteiger partial charge >= 0.3 is 0 Å². The Morgan fingerprint density at radius 2 is 1.74 bits per heavy atom. The lowest BCUT2D eigenvalue weighted by molar-refractivity contribution is -0.139. The van der Waals surface area contributed by atoms with Crippen molar-refractivity contribution in [1.29, 1.82) is 0 Å². The van der Waals surface area contributed by atoms with Crippen LogP contribution in [0.15, 0.2) is 72.8 Å². The van der Waals surface area contributed by atoms with Crippen LogP contribution >= 0.6 is 0 Å². The average Bonchev–Trinajstić information content (AvgIpc) is 3.54. The zero-order chi connectivity index (χ0) is 26.9. The van der Waals surface area contributed by atoms with Crippen LogP contribution in [0.1, 0.15) is 56.7 Å². The molecule has 2 aromatic carbocycles. The van der Waals surface area contributed by atoms with Crippen molar-refractivity contribution in [2.45, 2.75) is 52.1 Å². The SMILES string of the molecule is CCCCOc1cccc(C2/C(=C(\O)c3ccc(OCCC)cc3)C(=O)C(=O)N2CCCn2ccnc2)c1. The van der Waals surface area contributed by atoms with Gasteiger partial charge in [0.1, 0.15) is 17.3 Å². The molecular formula is C30H35N3O5. The second kappa shape index (κ2) is 12.9. The highest BCUT2D eigenvalue weighted by Crippen LogP contribution is 2.40. The van der Waals surface area contributed by atoms with Crippen LogP contribution in [0.4, 0.5) is 0 Å². The smallest absolute Gasteiger partial charge is 0.295 e. The summed E-state index contributed by atoms with van der Waals surface area (Å²) in [5.41, 5.74) is 1.24. The number of amides is 1. The first-order valence-electron chi connectivity index (χ1n) is 13.2. The van der Waals surface area contributed by atoms with E-state index in [1.165, 1.54) is 0 Å². The quantitative estimate of drug-likeness (QED) is 0.142. The van der Waals surface area contributed by atoms with Gasteiger partial charge in [-0.3, -0.25) is 9.59 Å². The summed E-state index contributed by atoms with van der Waals surface area (Å²) >= 11 is 0. The van der Waals surface area contributed by atoms with E-state index < -0.39 is 17.7 Å². The number of aliphatic hydroxyl groups excluding tert-OH is 1. The van der Waals surface area contributed by atoms with Crippen LogP contribution in [0.2, 0.25) is 0 Å². The number of carbonyl (C=O) groups excluding carboxylic acids is 2. The molecule has 1 aliphatic heterocycles. The van der Waals surface area contributed by atoms with E-state index in [1.807, 2.05) is 42.0 Å². The number of aryl methyl sites for hydroxylation is 1. The number of ether oxygens (including phenoxy) is 2. The minimum absolute atomic E-state index is 0.0746. The summed E-state index contributed by atoms with van der Waals surface area (Å²) in [5, 5.41) is 11.3. The lowest BCUT2D eigenvalue weighted by Crippen LogP contribution is -2.31. The number of nitrogens with zero attached hydrogens (tertiary/aromatic N) is 3. The Balaban J connectivity index is 1.68. The minimum Gasteiger partial charge on any atom is -0.507 e. The maximum atomic E-state index is 13.3. The molecule has 0 bridgehead atoms. The second-order valence-electron chi connectivity index (χ2n) is 9.29. The summed E-state index contributed by atoms with van der Waals surface area (Å²) in [6.45, 7) is 6.28. The minimum atomic E-state index is -0.733. The van der Waals surface area contributed by atoms with Gasteiger partial charge in [0.15, 0.2) is 0 Å². The first-order chi connectivity index (χ1) is 18.5. The number of carbonyl (C=O) groups is 2. The fourth-order valence-electron chi connectivity index (χ4n) is 4.49. The molecule has 1 amide bonds. The molecule has 1 aliphatic rings. The Hall–Kier alpha value is -4.07. The molecule has 200 valence electrons. The number of ketones is 1. The van der Waals surface area contributed by atoms with Crippen molar-refractivity contribution >= 4 is 17.4 Å². The number of unbranched alkanes of at least 4 members (excludes halogenated alkanes) is 1. The normalized spacial score (nSPS) is 16.7. The number of Topliss-reactive ketones (excluding diaryl/α,β-unsaturated/α-hetero) is 1. The molecular weight excluding hydrogens is 482 g/mol. The number of imidazole rings is 1. The molecule has 1 aromatic heterocycles. The van der Waals surface area contributed by atoms with Gasteiger partial charge in [-0.25, -0.2) is 4.98 Å². The van der Waals surface area contributed by atoms with E-state index in [1.54, 1.807) is 41.7 Å². The highest BCUT2D eigenvalue weighted by Gasteiger charge is 2.45. The standard InChI is InChI=1S/C30H35N3O5/c1-3-5-19-38-25-9-6-8-23(20-25)27-26(28(34)22-10-12-24(13-11-22)37-18-4-2)29(35)30(36)33(27)16-7-15-32-17-14-31-21-32/h6,8-14,17,20-21,27,34H,3-5,7,15-16,18-19H2,1-2H3/b28-26+. The molecule has 38 heavy (non-hydrogen) atoms. The van der Waals surface area contributed by atoms with Gasteiger partial charge in [0.05, 0.1) is 31.2 Å². The Kier molecular flexibility index (Phi) is 9.19. The Labute approximate surface area is 223 Å². The molecule has 0 aliphatic carbocycles. The third-order valence-electron chi connectivity index (χ3n) is 6.46. The highest BCUT2D eigenvalue weighted by molar-refractivity contribution is 6.46. The molecule has 8 nitrogen and oxygen atoms in total. The van der Waals surface area contributed by atoms with Gasteiger partial charge in [-0.15, -0.1) is 0 Å². The zero-order valence-corrected chi connectivity index (χ0v) is 22.0. The van der Waals surface area contributed by atoms with Crippen molar-refractivity contribution in [3.8, 4) is 11.5 Å². The first kappa shape index (κ1) is 27.0. The predicted octanol–water partition coefficient (Wildman–Crippen LogP) is 5.36. The molecule has 1 atom stereocenters. The van der Waals surface area contributed by atoms with Gasteiger partial charge in [0.25, 0.3) is 11.7 Å². The van der Waals surface area contributed by atoms with Gasteiger partial charge in [-0.2, -0.15) is 0 Å². The third-order valence-corrected chi connectivity index (χ3v) is 6.46. The van der Waals surface area contributed by atoms with Gasteiger partial charge in [-0.1, -0.05) is 32.4 Å². The van der Waals surface area contributed by atoms with E-state index in [9.17, 15) is 14.7 Å². The van der Waals surface area contributed by atoms with Crippen molar-refractivity contribution in [1.82, 2.24) is 14.5 Å². The summed E-state index contributed by atoms with van der Waals surface area (Å²) in [6.07, 6.45) is 8.72. The van der Waals surface area contributed by atoms with Crippen LogP contribution in [0.25, 0.3) is 5.76 Å². The zero-order valence-electron chi connectivity index (χ0n) is 22.0. The maximum Gasteiger partial charge on any atom is 0.295 e. The van der Waals surface area contributed by atoms with Crippen molar-refractivity contribution in [2.24, 2.45) is 0 Å². The van der Waals surface area contributed by atoms with Crippen molar-refractivity contribution < 1.29 is 24.2 Å². The summed E-state index contributed by atoms with van der Waals surface area (Å²) in [7, 11) is 0. The van der Waals surface area contributed by atoms with E-state index in [0.29, 0.717) is 55.4 Å². The van der Waals surface area contributed by atoms with Gasteiger partial charge < -0.3 is 24.0 Å². The molecule has 0 radical (unpaired) electrons. The summed E-state index contributed by atoms with van der Waals surface area (Å²) in [6, 6.07) is 13.6. The molecule has 0 saturated carbocycles. The first-order valence-corrected chi connectivity index (χ1v) is 13.2. The molecule has 3 aromatic rings. The molecule has 0 spiro atoms. The van der Waals surface area contributed by atoms with E-state index in [0.717, 1.165) is 19.3 Å². The fraction of sp³-hybridized carbons (Fsp3) is 0.367. The Morgan fingerprint density at radius 1 is 0.947 bits per heavy atom. The molecule has 2 heterocycles. The van der Waals surface area contributed by atoms with Crippen LogP contribution in [0.5, 0.6) is 11.5 Å². The number of hydrogen-bond donors (Lipinski definition) is 1. The van der Waals surface area contributed by atoms with Crippen LogP contribution in [-0.2, 0) is 16.1 Å². The number of benzene rings is 2. The van der Waals surface area contributed by atoms with E-state index >= 15 is 0 Å². The lowest BCUT2D eigenvalue weighted by Gasteiger charge is -2.26. The maximum absolute atomic E-state index is 13.3. The van der Waals surface area contributed by atoms with E-state index in [-0.39, 0.29) is 11.3 Å². The number of rotatable bonds is 13. The molecule has 8 heteroatoms. The molecule has 1 saturated heterocycles. The third kappa shape index (κ3) is 6.25. The molecule has 4 rings (SSSR count). The average molecular weight is 518 g/mol. The summed E-state index contributed by atoms with van der Waals surface area (Å²) in [5.74, 6) is -0.180. The lowest BCUT2D eigenvalue weighted by atomic mass is 9.95. The van der Waals surface area contributed by atoms with Gasteiger partial charge in [0.2, 0.25) is 0 Å². The van der Waals surface area contributed by atoms with Crippen LogP contribution in [0.3, 0.4) is 0 Å². The van der Waals surface area contributed by atoms with Crippen LogP contribution in [-0.4, -0.2) is 51.0 Å². The topological polar surface area (TPSA) is 93.9 Å². The van der Waals surface area contributed by atoms with E-state index in [4.69, 9.17) is 9.47 Å². The number of likely N-dealkylation sites (tertiary alicyclic amines) is 1. The largest absolute Gasteiger partial charge is 0.507 e. The summed E-state index contributed by atoms with van der Waals surface area (Å²) < 4.78 is 13.5. The van der Waals surface area contributed by atoms with Gasteiger partial charge in [0, 0.05) is 31.0 Å². The second-order valence-corrected chi connectivity index (χ2v) is 9.29. The number of aliphatic hydroxyl groups is 1. The monoisotopic (exact) mass is 517 g/mol. The summed E-state index contributed by atoms with van der Waals surface area (Å²) in [4.78, 5) is 32.2. The predicted molar refractivity (Wildman–Crippen MR) is 145 cm³/mol. The van der Waals surface area contributed by atoms with Crippen LogP contribution in [0, 0.1) is 0 Å².